The Labute approximate surface area is 581 Å². The van der Waals surface area contributed by atoms with E-state index in [2.05, 4.69) is 317 Å². The molecule has 0 atom stereocenters. The molecule has 0 radical (unpaired) electrons. The van der Waals surface area contributed by atoms with Crippen molar-refractivity contribution in [1.29, 1.82) is 0 Å². The van der Waals surface area contributed by atoms with Crippen LogP contribution in [0.25, 0.3) is 0 Å². The van der Waals surface area contributed by atoms with Crippen molar-refractivity contribution in [1.82, 2.24) is 0 Å². The van der Waals surface area contributed by atoms with Gasteiger partial charge in [0.25, 0.3) is 0 Å². The predicted molar refractivity (Wildman–Crippen MR) is 419 cm³/mol. The number of ether oxygens (including phenoxy) is 3. The van der Waals surface area contributed by atoms with Crippen LogP contribution in [0.4, 0.5) is 0 Å². The molecule has 0 aliphatic rings. The topological polar surface area (TPSA) is 72.5 Å². The van der Waals surface area contributed by atoms with Crippen LogP contribution in [0.1, 0.15) is 66.8 Å². The van der Waals surface area contributed by atoms with Gasteiger partial charge in [-0.05, 0) is 0 Å². The second-order valence-corrected chi connectivity index (χ2v) is 42.6. The fourth-order valence-electron chi connectivity index (χ4n) is 15.0. The summed E-state index contributed by atoms with van der Waals surface area (Å²) in [5.41, 5.74) is 11.5. The number of aryl methyl sites for hydroxylation is 9. The van der Waals surface area contributed by atoms with Gasteiger partial charge >= 0.3 is 585 Å². The molecule has 12 rings (SSSR count). The molecular formula is C87H90O7P4. The molecule has 0 unspecified atom stereocenters. The average molecular weight is 1370 g/mol. The van der Waals surface area contributed by atoms with Gasteiger partial charge in [0.15, 0.2) is 0 Å². The maximum absolute atomic E-state index is 21.3. The molecule has 0 aliphatic heterocycles. The third-order valence-electron chi connectivity index (χ3n) is 19.6. The van der Waals surface area contributed by atoms with Crippen molar-refractivity contribution in [3.63, 3.8) is 0 Å². The molecule has 12 aromatic rings. The molecule has 7 nitrogen and oxygen atoms in total. The summed E-state index contributed by atoms with van der Waals surface area (Å²) in [4.78, 5) is 0. The standard InChI is InChI=1S/C87H90O7P4/c1-64-25-13-40-79(49-64)96(80-41-14-26-65(2)50-80,81-42-15-27-66(3)51-81,61-73-34-22-37-76(58-73)89-10)92-95(88,93-97(82-43-16-28-67(4)52-82,83-44-17-29-68(5)53-83,84-45-18-30-69(6)54-84)62-74-35-23-38-77(59-74)90-11)94-98(85-46-19-31-70(7)55-85,86-47-20-32-71(8)56-86,87-48-21-33-72(9)57-87)63-75-36-24-39-78(60-75)91-12/h13-60H,61-63H2,1-12H3. The molecular weight excluding hydrogens is 1280 g/mol. The van der Waals surface area contributed by atoms with Crippen molar-refractivity contribution >= 4 is 76.1 Å². The Hall–Kier alpha value is -8.56. The summed E-state index contributed by atoms with van der Waals surface area (Å²) in [7, 11) is -0.685. The van der Waals surface area contributed by atoms with Crippen LogP contribution in [-0.2, 0) is 36.0 Å². The van der Waals surface area contributed by atoms with Crippen molar-refractivity contribution in [2.24, 2.45) is 0 Å². The van der Waals surface area contributed by atoms with Crippen LogP contribution in [0.15, 0.2) is 291 Å². The van der Waals surface area contributed by atoms with Crippen LogP contribution in [0.3, 0.4) is 0 Å². The van der Waals surface area contributed by atoms with E-state index >= 15 is 4.57 Å². The molecule has 0 heterocycles. The van der Waals surface area contributed by atoms with Crippen molar-refractivity contribution in [3.05, 3.63) is 358 Å². The SMILES string of the molecule is COc1cccc(CP(OP(=O)(OP(Cc2cccc(OC)c2)(c2cccc(C)c2)(c2cccc(C)c2)c2cccc(C)c2)OP(Cc2cccc(OC)c2)(c2cccc(C)c2)(c2cccc(C)c2)c2cccc(C)c2)(c2cccc(C)c2)(c2cccc(C)c2)c2cccc(C)c2)c1. The molecule has 0 amide bonds. The Morgan fingerprint density at radius 3 is 0.551 bits per heavy atom. The van der Waals surface area contributed by atoms with Gasteiger partial charge in [0.1, 0.15) is 0 Å². The molecule has 0 aromatic heterocycles. The summed E-state index contributed by atoms with van der Waals surface area (Å²) in [5, 5.41) is 7.43. The summed E-state index contributed by atoms with van der Waals surface area (Å²) in [5.74, 6) is 1.99. The van der Waals surface area contributed by atoms with Crippen molar-refractivity contribution in [3.8, 4) is 17.2 Å². The molecule has 0 spiro atoms. The average Bonchev–Trinajstić information content (AvgIpc) is 0.666. The van der Waals surface area contributed by atoms with Gasteiger partial charge < -0.3 is 0 Å². The van der Waals surface area contributed by atoms with E-state index in [1.54, 1.807) is 21.3 Å². The van der Waals surface area contributed by atoms with E-state index in [-0.39, 0.29) is 18.5 Å². The number of rotatable bonds is 24. The van der Waals surface area contributed by atoms with Crippen LogP contribution < -0.4 is 62.0 Å². The monoisotopic (exact) mass is 1370 g/mol. The molecule has 500 valence electrons. The number of hydrogen-bond donors (Lipinski definition) is 0. The summed E-state index contributed by atoms with van der Waals surface area (Å²) < 4.78 is 68.3. The maximum atomic E-state index is 21.3. The third-order valence-corrected chi connectivity index (χ3v) is 41.6. The Bertz CT molecular complexity index is 4150. The van der Waals surface area contributed by atoms with Gasteiger partial charge in [-0.25, -0.2) is 0 Å². The second kappa shape index (κ2) is 27.6. The van der Waals surface area contributed by atoms with Gasteiger partial charge in [-0.15, -0.1) is 0 Å². The van der Waals surface area contributed by atoms with E-state index in [0.29, 0.717) is 17.2 Å². The first kappa shape index (κ1) is 69.3. The molecule has 0 aliphatic carbocycles. The number of phosphoric acid groups is 1. The first-order chi connectivity index (χ1) is 47.1. The molecule has 0 fully saturated rings. The summed E-state index contributed by atoms with van der Waals surface area (Å²) in [6, 6.07) is 103. The number of hydrogen-bond acceptors (Lipinski definition) is 7. The molecule has 12 aromatic carbocycles. The third kappa shape index (κ3) is 12.5. The minimum absolute atomic E-state index is 0.173. The Morgan fingerprint density at radius 2 is 0.398 bits per heavy atom. The number of methoxy groups -OCH3 is 3. The first-order valence-corrected chi connectivity index (χ1v) is 42.0. The zero-order valence-electron chi connectivity index (χ0n) is 58.5. The van der Waals surface area contributed by atoms with Crippen molar-refractivity contribution in [2.75, 3.05) is 21.3 Å². The summed E-state index contributed by atoms with van der Waals surface area (Å²) in [6.45, 7) is 3.28. The second-order valence-electron chi connectivity index (χ2n) is 26.9. The first-order valence-electron chi connectivity index (χ1n) is 33.5. The minimum atomic E-state index is -5.79. The zero-order chi connectivity index (χ0) is 69.0. The van der Waals surface area contributed by atoms with Crippen LogP contribution in [0.5, 0.6) is 17.2 Å². The fourth-order valence-corrected chi connectivity index (χ4v) is 40.5. The molecule has 11 heteroatoms. The van der Waals surface area contributed by atoms with Crippen LogP contribution in [0.2, 0.25) is 0 Å². The summed E-state index contributed by atoms with van der Waals surface area (Å²) >= 11 is 0. The van der Waals surface area contributed by atoms with E-state index in [1.165, 1.54) is 0 Å². The fraction of sp³-hybridized carbons (Fsp3) is 0.172. The van der Waals surface area contributed by atoms with E-state index in [4.69, 9.17) is 14.2 Å². The molecule has 98 heavy (non-hydrogen) atoms. The van der Waals surface area contributed by atoms with Gasteiger partial charge in [-0.1, -0.05) is 0 Å². The van der Waals surface area contributed by atoms with Gasteiger partial charge in [-0.3, -0.25) is 0 Å². The molecule has 0 saturated heterocycles. The van der Waals surface area contributed by atoms with Gasteiger partial charge in [-0.2, -0.15) is 0 Å². The predicted octanol–water partition coefficient (Wildman–Crippen LogP) is 18.9. The Balaban J connectivity index is 1.43. The van der Waals surface area contributed by atoms with Crippen molar-refractivity contribution in [2.45, 2.75) is 80.8 Å². The van der Waals surface area contributed by atoms with Gasteiger partial charge in [0.05, 0.1) is 0 Å². The van der Waals surface area contributed by atoms with Gasteiger partial charge in [0, 0.05) is 0 Å². The van der Waals surface area contributed by atoms with Crippen LogP contribution in [0, 0.1) is 62.3 Å². The van der Waals surface area contributed by atoms with E-state index in [9.17, 15) is 12.9 Å². The Morgan fingerprint density at radius 1 is 0.235 bits per heavy atom. The van der Waals surface area contributed by atoms with Crippen LogP contribution in [-0.4, -0.2) is 21.3 Å². The molecule has 0 saturated carbocycles. The molecule has 0 bridgehead atoms. The summed E-state index contributed by atoms with van der Waals surface area (Å²) in [6.07, 6.45) is 0.519. The molecule has 0 N–H and O–H groups in total. The zero-order valence-corrected chi connectivity index (χ0v) is 62.1. The van der Waals surface area contributed by atoms with E-state index in [1.807, 2.05) is 36.4 Å². The van der Waals surface area contributed by atoms with E-state index < -0.39 is 28.3 Å². The van der Waals surface area contributed by atoms with Crippen LogP contribution >= 0.6 is 28.3 Å². The quantitative estimate of drug-likeness (QED) is 0.0558. The van der Waals surface area contributed by atoms with Crippen molar-refractivity contribution < 1.29 is 31.7 Å². The van der Waals surface area contributed by atoms with Gasteiger partial charge in [0.2, 0.25) is 0 Å². The Kier molecular flexibility index (Phi) is 19.6. The normalized spacial score (nSPS) is 13.7. The number of benzene rings is 12. The van der Waals surface area contributed by atoms with E-state index in [0.717, 1.165) is 115 Å².